The Bertz CT molecular complexity index is 667. The molecule has 2 heterocycles. The first-order chi connectivity index (χ1) is 8.80. The van der Waals surface area contributed by atoms with Crippen molar-refractivity contribution in [1.82, 2.24) is 14.8 Å². The maximum atomic E-state index is 12.4. The van der Waals surface area contributed by atoms with E-state index in [1.54, 1.807) is 0 Å². The Balaban J connectivity index is 2.50. The molecule has 19 heavy (non-hydrogen) atoms. The summed E-state index contributed by atoms with van der Waals surface area (Å²) < 4.78 is 38.7. The average Bonchev–Trinajstić information content (AvgIpc) is 2.35. The molecule has 4 nitrogen and oxygen atoms in total. The van der Waals surface area contributed by atoms with E-state index in [2.05, 4.69) is 41.9 Å². The van der Waals surface area contributed by atoms with E-state index in [4.69, 9.17) is 0 Å². The van der Waals surface area contributed by atoms with Crippen molar-refractivity contribution in [2.24, 2.45) is 0 Å². The third kappa shape index (κ3) is 2.86. The second-order valence-corrected chi connectivity index (χ2v) is 5.07. The van der Waals surface area contributed by atoms with Crippen LogP contribution in [0.2, 0.25) is 0 Å². The fraction of sp³-hybridized carbons (Fsp3) is 0.100. The normalized spacial score (nSPS) is 11.6. The van der Waals surface area contributed by atoms with E-state index in [-0.39, 0.29) is 10.3 Å². The minimum atomic E-state index is -4.47. The average molecular weight is 399 g/mol. The second kappa shape index (κ2) is 5.04. The van der Waals surface area contributed by atoms with Crippen molar-refractivity contribution in [1.29, 1.82) is 0 Å². The first-order valence-corrected chi connectivity index (χ1v) is 6.36. The van der Waals surface area contributed by atoms with Gasteiger partial charge in [0, 0.05) is 6.20 Å². The summed E-state index contributed by atoms with van der Waals surface area (Å²) in [6.07, 6.45) is -2.48. The van der Waals surface area contributed by atoms with Gasteiger partial charge in [0.2, 0.25) is 0 Å². The molecule has 0 atom stereocenters. The Labute approximate surface area is 121 Å². The van der Waals surface area contributed by atoms with Gasteiger partial charge in [0.15, 0.2) is 5.82 Å². The topological polar surface area (TPSA) is 47.8 Å². The van der Waals surface area contributed by atoms with Crippen LogP contribution < -0.4 is 5.56 Å². The van der Waals surface area contributed by atoms with Gasteiger partial charge in [0.05, 0.1) is 16.2 Å². The third-order valence-corrected chi connectivity index (χ3v) is 4.07. The monoisotopic (exact) mass is 397 g/mol. The third-order valence-electron chi connectivity index (χ3n) is 2.17. The molecule has 2 aromatic rings. The second-order valence-electron chi connectivity index (χ2n) is 3.43. The number of rotatable bonds is 1. The summed E-state index contributed by atoms with van der Waals surface area (Å²) >= 11 is 6.14. The molecule has 2 rings (SSSR count). The highest BCUT2D eigenvalue weighted by Gasteiger charge is 2.30. The number of aromatic nitrogens is 3. The van der Waals surface area contributed by atoms with Crippen LogP contribution in [-0.2, 0) is 6.18 Å². The summed E-state index contributed by atoms with van der Waals surface area (Å²) in [5, 5.41) is 3.78. The zero-order valence-corrected chi connectivity index (χ0v) is 12.1. The van der Waals surface area contributed by atoms with Crippen molar-refractivity contribution in [2.75, 3.05) is 0 Å². The van der Waals surface area contributed by atoms with Gasteiger partial charge >= 0.3 is 6.18 Å². The van der Waals surface area contributed by atoms with Crippen LogP contribution in [0.15, 0.2) is 38.3 Å². The van der Waals surface area contributed by atoms with Crippen molar-refractivity contribution in [3.8, 4) is 5.82 Å². The van der Waals surface area contributed by atoms with Gasteiger partial charge in [-0.1, -0.05) is 0 Å². The van der Waals surface area contributed by atoms with Crippen LogP contribution in [0.4, 0.5) is 13.2 Å². The van der Waals surface area contributed by atoms with Crippen LogP contribution in [0.1, 0.15) is 5.56 Å². The van der Waals surface area contributed by atoms with E-state index in [0.717, 1.165) is 16.8 Å². The van der Waals surface area contributed by atoms with Crippen molar-refractivity contribution in [2.45, 2.75) is 6.18 Å². The molecule has 100 valence electrons. The van der Waals surface area contributed by atoms with Gasteiger partial charge in [-0.2, -0.15) is 23.0 Å². The lowest BCUT2D eigenvalue weighted by molar-refractivity contribution is -0.137. The first kappa shape index (κ1) is 14.2. The Hall–Kier alpha value is -1.22. The molecule has 0 N–H and O–H groups in total. The summed E-state index contributed by atoms with van der Waals surface area (Å²) in [7, 11) is 0. The van der Waals surface area contributed by atoms with Crippen molar-refractivity contribution >= 4 is 31.9 Å². The van der Waals surface area contributed by atoms with Gasteiger partial charge in [-0.25, -0.2) is 4.98 Å². The number of nitrogens with zero attached hydrogens (tertiary/aromatic N) is 3. The van der Waals surface area contributed by atoms with E-state index in [0.29, 0.717) is 10.7 Å². The van der Waals surface area contributed by atoms with Crippen molar-refractivity contribution < 1.29 is 13.2 Å². The summed E-state index contributed by atoms with van der Waals surface area (Å²) in [4.78, 5) is 15.4. The molecule has 9 heteroatoms. The van der Waals surface area contributed by atoms with Crippen LogP contribution in [0, 0.1) is 0 Å². The summed E-state index contributed by atoms with van der Waals surface area (Å²) in [6, 6.07) is 1.92. The minimum absolute atomic E-state index is 0.00574. The largest absolute Gasteiger partial charge is 0.417 e. The van der Waals surface area contributed by atoms with Gasteiger partial charge in [-0.3, -0.25) is 4.79 Å². The van der Waals surface area contributed by atoms with E-state index < -0.39 is 17.3 Å². The molecule has 0 saturated heterocycles. The Morgan fingerprint density at radius 3 is 2.37 bits per heavy atom. The molecule has 0 bridgehead atoms. The van der Waals surface area contributed by atoms with E-state index >= 15 is 0 Å². The fourth-order valence-corrected chi connectivity index (χ4v) is 1.79. The van der Waals surface area contributed by atoms with Crippen LogP contribution in [-0.4, -0.2) is 14.8 Å². The minimum Gasteiger partial charge on any atom is -0.266 e. The summed E-state index contributed by atoms with van der Waals surface area (Å²) in [5.74, 6) is 0.00574. The van der Waals surface area contributed by atoms with E-state index in [9.17, 15) is 18.0 Å². The smallest absolute Gasteiger partial charge is 0.266 e. The maximum Gasteiger partial charge on any atom is 0.417 e. The van der Waals surface area contributed by atoms with Gasteiger partial charge in [-0.05, 0) is 44.0 Å². The Morgan fingerprint density at radius 1 is 1.16 bits per heavy atom. The molecule has 0 aliphatic rings. The summed E-state index contributed by atoms with van der Waals surface area (Å²) in [5.41, 5.74) is -1.41. The standard InChI is InChI=1S/C10H4Br2F3N3O/c11-6-4-17-18(9(19)8(6)12)7-2-1-5(3-16-7)10(13,14)15/h1-4H. The predicted octanol–water partition coefficient (Wildman–Crippen LogP) is 3.17. The molecule has 0 saturated carbocycles. The van der Waals surface area contributed by atoms with Gasteiger partial charge in [0.1, 0.15) is 4.47 Å². The first-order valence-electron chi connectivity index (χ1n) is 4.77. The number of pyridine rings is 1. The lowest BCUT2D eigenvalue weighted by atomic mass is 10.3. The van der Waals surface area contributed by atoms with Gasteiger partial charge < -0.3 is 0 Å². The molecule has 0 aromatic carbocycles. The van der Waals surface area contributed by atoms with Gasteiger partial charge in [-0.15, -0.1) is 0 Å². The van der Waals surface area contributed by atoms with Crippen molar-refractivity contribution in [3.63, 3.8) is 0 Å². The molecule has 0 aliphatic heterocycles. The number of alkyl halides is 3. The molecule has 0 fully saturated rings. The van der Waals surface area contributed by atoms with Crippen LogP contribution in [0.3, 0.4) is 0 Å². The summed E-state index contributed by atoms with van der Waals surface area (Å²) in [6.45, 7) is 0. The molecule has 0 unspecified atom stereocenters. The highest BCUT2D eigenvalue weighted by atomic mass is 79.9. The molecule has 0 amide bonds. The van der Waals surface area contributed by atoms with Gasteiger partial charge in [0.25, 0.3) is 5.56 Å². The molecular formula is C10H4Br2F3N3O. The molecule has 0 spiro atoms. The fourth-order valence-electron chi connectivity index (χ4n) is 1.25. The van der Waals surface area contributed by atoms with Crippen LogP contribution in [0.5, 0.6) is 0 Å². The quantitative estimate of drug-likeness (QED) is 0.741. The SMILES string of the molecule is O=c1c(Br)c(Br)cnn1-c1ccc(C(F)(F)F)cn1. The molecular weight excluding hydrogens is 395 g/mol. The van der Waals surface area contributed by atoms with E-state index in [1.807, 2.05) is 0 Å². The lowest BCUT2D eigenvalue weighted by Crippen LogP contribution is -2.22. The van der Waals surface area contributed by atoms with E-state index in [1.165, 1.54) is 6.20 Å². The molecule has 0 aliphatic carbocycles. The number of halogens is 5. The highest BCUT2D eigenvalue weighted by molar-refractivity contribution is 9.13. The number of hydrogen-bond donors (Lipinski definition) is 0. The zero-order chi connectivity index (χ0) is 14.2. The molecule has 2 aromatic heterocycles. The van der Waals surface area contributed by atoms with Crippen molar-refractivity contribution in [3.05, 3.63) is 49.4 Å². The lowest BCUT2D eigenvalue weighted by Gasteiger charge is -2.08. The number of hydrogen-bond acceptors (Lipinski definition) is 3. The zero-order valence-electron chi connectivity index (χ0n) is 8.95. The predicted molar refractivity (Wildman–Crippen MR) is 68.0 cm³/mol. The Kier molecular flexibility index (Phi) is 3.77. The maximum absolute atomic E-state index is 12.4. The van der Waals surface area contributed by atoms with Crippen LogP contribution >= 0.6 is 31.9 Å². The Morgan fingerprint density at radius 2 is 1.84 bits per heavy atom. The van der Waals surface area contributed by atoms with Crippen LogP contribution in [0.25, 0.3) is 5.82 Å². The molecule has 0 radical (unpaired) electrons. The highest BCUT2D eigenvalue weighted by Crippen LogP contribution is 2.28.